The first kappa shape index (κ1) is 17.9. The lowest BCUT2D eigenvalue weighted by atomic mass is 10.0. The van der Waals surface area contributed by atoms with E-state index in [1.165, 1.54) is 5.56 Å². The molecule has 3 heterocycles. The number of hydrogen-bond acceptors (Lipinski definition) is 5. The molecule has 1 aromatic heterocycles. The van der Waals surface area contributed by atoms with Crippen molar-refractivity contribution in [1.29, 1.82) is 0 Å². The number of nitrogens with zero attached hydrogens (tertiary/aromatic N) is 2. The molecule has 144 valence electrons. The average molecular weight is 369 g/mol. The van der Waals surface area contributed by atoms with Crippen LogP contribution in [0.4, 0.5) is 11.5 Å². The maximum Gasteiger partial charge on any atom is 0.251 e. The first-order chi connectivity index (χ1) is 13.2. The highest BCUT2D eigenvalue weighted by Crippen LogP contribution is 2.30. The molecule has 0 aliphatic carbocycles. The summed E-state index contributed by atoms with van der Waals surface area (Å²) in [4.78, 5) is 19.9. The van der Waals surface area contributed by atoms with Crippen LogP contribution in [0.2, 0.25) is 0 Å². The van der Waals surface area contributed by atoms with Gasteiger partial charge in [0.15, 0.2) is 0 Å². The number of morpholine rings is 1. The van der Waals surface area contributed by atoms with E-state index in [4.69, 9.17) is 9.47 Å². The van der Waals surface area contributed by atoms with E-state index in [9.17, 15) is 4.79 Å². The van der Waals surface area contributed by atoms with Crippen molar-refractivity contribution in [3.63, 3.8) is 0 Å². The molecule has 2 fully saturated rings. The number of ether oxygens (including phenoxy) is 2. The minimum atomic E-state index is -0.0445. The van der Waals surface area contributed by atoms with Crippen molar-refractivity contribution < 1.29 is 9.47 Å². The first-order valence-electron chi connectivity index (χ1n) is 9.70. The Kier molecular flexibility index (Phi) is 5.34. The van der Waals surface area contributed by atoms with Crippen molar-refractivity contribution in [3.05, 3.63) is 52.3 Å². The van der Waals surface area contributed by atoms with E-state index in [-0.39, 0.29) is 5.56 Å². The molecular formula is C21H27N3O3. The van der Waals surface area contributed by atoms with Crippen molar-refractivity contribution in [2.75, 3.05) is 49.8 Å². The van der Waals surface area contributed by atoms with E-state index in [0.717, 1.165) is 56.2 Å². The standard InChI is InChI=1S/C21H27N3O3/c1-26-19-7-3-2-5-16(19)13-17-6-4-8-24(17)20-14-18(15-21(25)22-20)23-9-11-27-12-10-23/h2-3,5,7,14-15,17H,4,6,8-13H2,1H3,(H,22,25)/t17-/m1/s1. The van der Waals surface area contributed by atoms with E-state index in [1.54, 1.807) is 13.2 Å². The van der Waals surface area contributed by atoms with E-state index in [0.29, 0.717) is 19.3 Å². The van der Waals surface area contributed by atoms with Crippen molar-refractivity contribution >= 4 is 11.5 Å². The molecule has 27 heavy (non-hydrogen) atoms. The smallest absolute Gasteiger partial charge is 0.251 e. The number of aromatic amines is 1. The van der Waals surface area contributed by atoms with Gasteiger partial charge in [-0.05, 0) is 30.9 Å². The molecule has 1 aromatic carbocycles. The van der Waals surface area contributed by atoms with E-state index in [1.807, 2.05) is 12.1 Å². The number of pyridine rings is 1. The lowest BCUT2D eigenvalue weighted by molar-refractivity contribution is 0.122. The maximum atomic E-state index is 12.3. The molecule has 0 saturated carbocycles. The van der Waals surface area contributed by atoms with Crippen LogP contribution in [-0.2, 0) is 11.2 Å². The topological polar surface area (TPSA) is 57.8 Å². The van der Waals surface area contributed by atoms with Gasteiger partial charge in [0.25, 0.3) is 5.56 Å². The molecule has 0 amide bonds. The Morgan fingerprint density at radius 2 is 2.00 bits per heavy atom. The second kappa shape index (κ2) is 8.05. The summed E-state index contributed by atoms with van der Waals surface area (Å²) in [5, 5.41) is 0. The normalized spacial score (nSPS) is 20.1. The first-order valence-corrected chi connectivity index (χ1v) is 9.70. The predicted octanol–water partition coefficient (Wildman–Crippen LogP) is 2.43. The highest BCUT2D eigenvalue weighted by Gasteiger charge is 2.27. The van der Waals surface area contributed by atoms with Gasteiger partial charge in [-0.1, -0.05) is 18.2 Å². The van der Waals surface area contributed by atoms with Crippen LogP contribution in [0.25, 0.3) is 0 Å². The highest BCUT2D eigenvalue weighted by atomic mass is 16.5. The second-order valence-electron chi connectivity index (χ2n) is 7.19. The highest BCUT2D eigenvalue weighted by molar-refractivity contribution is 5.56. The molecule has 4 rings (SSSR count). The number of anilines is 2. The van der Waals surface area contributed by atoms with Gasteiger partial charge in [-0.2, -0.15) is 0 Å². The largest absolute Gasteiger partial charge is 0.496 e. The van der Waals surface area contributed by atoms with Crippen LogP contribution < -0.4 is 20.1 Å². The molecule has 2 aliphatic heterocycles. The van der Waals surface area contributed by atoms with E-state index >= 15 is 0 Å². The summed E-state index contributed by atoms with van der Waals surface area (Å²) in [6.45, 7) is 4.04. The SMILES string of the molecule is COc1ccccc1C[C@H]1CCCN1c1cc(N2CCOCC2)cc(=O)[nH]1. The summed E-state index contributed by atoms with van der Waals surface area (Å²) in [6.07, 6.45) is 3.15. The average Bonchev–Trinajstić information content (AvgIpc) is 3.17. The Morgan fingerprint density at radius 1 is 1.19 bits per heavy atom. The number of benzene rings is 1. The molecule has 6 nitrogen and oxygen atoms in total. The monoisotopic (exact) mass is 369 g/mol. The van der Waals surface area contributed by atoms with Crippen LogP contribution in [-0.4, -0.2) is 51.0 Å². The number of methoxy groups -OCH3 is 1. The number of nitrogens with one attached hydrogen (secondary N) is 1. The van der Waals surface area contributed by atoms with Gasteiger partial charge < -0.3 is 24.3 Å². The fourth-order valence-corrected chi connectivity index (χ4v) is 4.16. The molecule has 2 saturated heterocycles. The summed E-state index contributed by atoms with van der Waals surface area (Å²) < 4.78 is 11.0. The molecule has 2 aliphatic rings. The Balaban J connectivity index is 1.58. The quantitative estimate of drug-likeness (QED) is 0.877. The number of aromatic nitrogens is 1. The molecule has 0 bridgehead atoms. The van der Waals surface area contributed by atoms with Crippen LogP contribution in [0.5, 0.6) is 5.75 Å². The van der Waals surface area contributed by atoms with Gasteiger partial charge in [0.1, 0.15) is 11.6 Å². The fourth-order valence-electron chi connectivity index (χ4n) is 4.16. The second-order valence-corrected chi connectivity index (χ2v) is 7.19. The van der Waals surface area contributed by atoms with Crippen LogP contribution >= 0.6 is 0 Å². The number of hydrogen-bond donors (Lipinski definition) is 1. The Morgan fingerprint density at radius 3 is 2.81 bits per heavy atom. The zero-order valence-corrected chi connectivity index (χ0v) is 15.8. The Bertz CT molecular complexity index is 829. The van der Waals surface area contributed by atoms with E-state index in [2.05, 4.69) is 33.0 Å². The van der Waals surface area contributed by atoms with Gasteiger partial charge in [0.05, 0.1) is 20.3 Å². The summed E-state index contributed by atoms with van der Waals surface area (Å²) in [7, 11) is 1.72. The lowest BCUT2D eigenvalue weighted by Gasteiger charge is -2.31. The Hall–Kier alpha value is -2.47. The number of para-hydroxylation sites is 1. The lowest BCUT2D eigenvalue weighted by Crippen LogP contribution is -2.37. The predicted molar refractivity (Wildman–Crippen MR) is 107 cm³/mol. The zero-order valence-electron chi connectivity index (χ0n) is 15.8. The van der Waals surface area contributed by atoms with Crippen LogP contribution in [0.1, 0.15) is 18.4 Å². The van der Waals surface area contributed by atoms with Crippen LogP contribution in [0, 0.1) is 0 Å². The van der Waals surface area contributed by atoms with Crippen molar-refractivity contribution in [2.45, 2.75) is 25.3 Å². The molecule has 0 spiro atoms. The zero-order chi connectivity index (χ0) is 18.6. The molecule has 0 radical (unpaired) electrons. The minimum absolute atomic E-state index is 0.0445. The third-order valence-electron chi connectivity index (χ3n) is 5.53. The minimum Gasteiger partial charge on any atom is -0.496 e. The number of rotatable bonds is 5. The van der Waals surface area contributed by atoms with Gasteiger partial charge in [0.2, 0.25) is 0 Å². The van der Waals surface area contributed by atoms with Gasteiger partial charge in [-0.15, -0.1) is 0 Å². The van der Waals surface area contributed by atoms with Gasteiger partial charge in [-0.3, -0.25) is 4.79 Å². The summed E-state index contributed by atoms with van der Waals surface area (Å²) in [6, 6.07) is 12.4. The maximum absolute atomic E-state index is 12.3. The summed E-state index contributed by atoms with van der Waals surface area (Å²) in [5.41, 5.74) is 2.15. The molecule has 1 atom stereocenters. The molecule has 2 aromatic rings. The molecule has 6 heteroatoms. The fraction of sp³-hybridized carbons (Fsp3) is 0.476. The van der Waals surface area contributed by atoms with E-state index < -0.39 is 0 Å². The van der Waals surface area contributed by atoms with Gasteiger partial charge in [0, 0.05) is 43.5 Å². The third-order valence-corrected chi connectivity index (χ3v) is 5.53. The van der Waals surface area contributed by atoms with Crippen molar-refractivity contribution in [1.82, 2.24) is 4.98 Å². The third kappa shape index (κ3) is 3.95. The van der Waals surface area contributed by atoms with Gasteiger partial charge >= 0.3 is 0 Å². The van der Waals surface area contributed by atoms with Gasteiger partial charge in [-0.25, -0.2) is 0 Å². The van der Waals surface area contributed by atoms with Crippen molar-refractivity contribution in [2.24, 2.45) is 0 Å². The van der Waals surface area contributed by atoms with Crippen LogP contribution in [0.3, 0.4) is 0 Å². The van der Waals surface area contributed by atoms with Crippen LogP contribution in [0.15, 0.2) is 41.2 Å². The summed E-state index contributed by atoms with van der Waals surface area (Å²) >= 11 is 0. The summed E-state index contributed by atoms with van der Waals surface area (Å²) in [5.74, 6) is 1.85. The van der Waals surface area contributed by atoms with Crippen molar-refractivity contribution in [3.8, 4) is 5.75 Å². The Labute approximate surface area is 159 Å². The molecule has 1 N–H and O–H groups in total. The number of H-pyrrole nitrogens is 1. The molecule has 0 unspecified atom stereocenters. The molecular weight excluding hydrogens is 342 g/mol.